The third kappa shape index (κ3) is 7.94. The second-order valence-corrected chi connectivity index (χ2v) is 11.4. The average Bonchev–Trinajstić information content (AvgIpc) is 2.99. The van der Waals surface area contributed by atoms with Gasteiger partial charge in [-0.3, -0.25) is 9.80 Å². The maximum Gasteiger partial charge on any atom is 0.161 e. The summed E-state index contributed by atoms with van der Waals surface area (Å²) in [5, 5.41) is 21.1. The number of hydrogen-bond acceptors (Lipinski definition) is 9. The molecule has 2 heterocycles. The summed E-state index contributed by atoms with van der Waals surface area (Å²) in [5.41, 5.74) is 3.25. The van der Waals surface area contributed by atoms with Gasteiger partial charge in [0.2, 0.25) is 0 Å². The number of aliphatic hydroxyl groups is 2. The van der Waals surface area contributed by atoms with Gasteiger partial charge < -0.3 is 29.3 Å². The van der Waals surface area contributed by atoms with E-state index in [2.05, 4.69) is 39.0 Å². The number of hydrogen-bond donors (Lipinski definition) is 2. The van der Waals surface area contributed by atoms with E-state index in [0.29, 0.717) is 39.4 Å². The number of rotatable bonds is 14. The Hall–Kier alpha value is -2.79. The lowest BCUT2D eigenvalue weighted by Gasteiger charge is -2.35. The molecule has 1 fully saturated rings. The molecule has 0 aromatic heterocycles. The molecule has 1 unspecified atom stereocenters. The number of anilines is 2. The topological polar surface area (TPSA) is 77.9 Å². The van der Waals surface area contributed by atoms with Gasteiger partial charge in [-0.1, -0.05) is 42.1 Å². The Labute approximate surface area is 247 Å². The lowest BCUT2D eigenvalue weighted by Crippen LogP contribution is -2.40. The number of benzene rings is 3. The molecule has 0 amide bonds. The molecule has 3 aromatic carbocycles. The minimum absolute atomic E-state index is 0.0137. The molecule has 1 atom stereocenters. The highest BCUT2D eigenvalue weighted by atomic mass is 32.2. The second-order valence-electron chi connectivity index (χ2n) is 10.3. The highest BCUT2D eigenvalue weighted by molar-refractivity contribution is 7.99. The van der Waals surface area contributed by atoms with Gasteiger partial charge in [-0.05, 0) is 48.9 Å². The first kappa shape index (κ1) is 29.7. The van der Waals surface area contributed by atoms with E-state index in [0.717, 1.165) is 61.3 Å². The molecule has 0 saturated carbocycles. The van der Waals surface area contributed by atoms with Crippen LogP contribution in [0.5, 0.6) is 11.5 Å². The van der Waals surface area contributed by atoms with Crippen molar-refractivity contribution in [3.63, 3.8) is 0 Å². The zero-order valence-electron chi connectivity index (χ0n) is 23.8. The van der Waals surface area contributed by atoms with Crippen molar-refractivity contribution in [2.24, 2.45) is 0 Å². The number of para-hydroxylation sites is 2. The van der Waals surface area contributed by atoms with E-state index in [1.54, 1.807) is 11.8 Å². The van der Waals surface area contributed by atoms with E-state index in [1.807, 2.05) is 49.4 Å². The number of aliphatic hydroxyl groups excluding tert-OH is 2. The smallest absolute Gasteiger partial charge is 0.161 e. The van der Waals surface area contributed by atoms with Crippen molar-refractivity contribution >= 4 is 23.1 Å². The van der Waals surface area contributed by atoms with Gasteiger partial charge in [-0.15, -0.1) is 0 Å². The molecule has 0 aliphatic carbocycles. The van der Waals surface area contributed by atoms with Gasteiger partial charge in [0.1, 0.15) is 6.61 Å². The van der Waals surface area contributed by atoms with Gasteiger partial charge in [0.15, 0.2) is 11.5 Å². The summed E-state index contributed by atoms with van der Waals surface area (Å²) in [5.74, 6) is 1.45. The van der Waals surface area contributed by atoms with Crippen molar-refractivity contribution in [2.45, 2.75) is 29.4 Å². The van der Waals surface area contributed by atoms with Crippen molar-refractivity contribution < 1.29 is 24.4 Å². The Morgan fingerprint density at radius 1 is 0.951 bits per heavy atom. The fraction of sp³-hybridized carbons (Fsp3) is 0.438. The summed E-state index contributed by atoms with van der Waals surface area (Å²) >= 11 is 1.76. The summed E-state index contributed by atoms with van der Waals surface area (Å²) in [6.07, 6.45) is -0.625. The summed E-state index contributed by atoms with van der Waals surface area (Å²) in [4.78, 5) is 9.00. The van der Waals surface area contributed by atoms with Crippen LogP contribution < -0.4 is 14.4 Å². The first-order chi connectivity index (χ1) is 20.1. The van der Waals surface area contributed by atoms with Crippen LogP contribution in [0.4, 0.5) is 11.4 Å². The van der Waals surface area contributed by atoms with E-state index < -0.39 is 6.10 Å². The molecule has 2 aliphatic rings. The monoisotopic (exact) mass is 579 g/mol. The maximum atomic E-state index is 11.3. The molecule has 3 aromatic rings. The highest BCUT2D eigenvalue weighted by Gasteiger charge is 2.25. The SMILES string of the molecule is CCOc1cc(CN(CCO)CC(O)CN2c3ccccc3Sc3ccccc32)ccc1OCCN1CCOCC1. The van der Waals surface area contributed by atoms with Gasteiger partial charge in [-0.2, -0.15) is 0 Å². The van der Waals surface area contributed by atoms with E-state index in [4.69, 9.17) is 14.2 Å². The van der Waals surface area contributed by atoms with Gasteiger partial charge in [0.05, 0.1) is 50.5 Å². The minimum Gasteiger partial charge on any atom is -0.490 e. The largest absolute Gasteiger partial charge is 0.490 e. The molecule has 9 heteroatoms. The molecule has 220 valence electrons. The summed E-state index contributed by atoms with van der Waals surface area (Å²) < 4.78 is 17.5. The van der Waals surface area contributed by atoms with Gasteiger partial charge in [0, 0.05) is 49.1 Å². The van der Waals surface area contributed by atoms with Gasteiger partial charge in [-0.25, -0.2) is 0 Å². The quantitative estimate of drug-likeness (QED) is 0.291. The van der Waals surface area contributed by atoms with Crippen LogP contribution in [0.15, 0.2) is 76.5 Å². The highest BCUT2D eigenvalue weighted by Crippen LogP contribution is 2.47. The second kappa shape index (κ2) is 14.9. The van der Waals surface area contributed by atoms with E-state index in [-0.39, 0.29) is 6.61 Å². The average molecular weight is 580 g/mol. The fourth-order valence-corrected chi connectivity index (χ4v) is 6.42. The predicted octanol–water partition coefficient (Wildman–Crippen LogP) is 4.25. The standard InChI is InChI=1S/C32H41N3O5S/c1-2-39-30-21-25(11-12-29(30)40-20-16-33-14-18-38-19-15-33)22-34(13-17-36)23-26(37)24-35-27-7-3-5-9-31(27)41-32-10-6-4-8-28(32)35/h3-12,21,26,36-37H,2,13-20,22-24H2,1H3. The Morgan fingerprint density at radius 2 is 1.66 bits per heavy atom. The van der Waals surface area contributed by atoms with Crippen molar-refractivity contribution in [1.82, 2.24) is 9.80 Å². The summed E-state index contributed by atoms with van der Waals surface area (Å²) in [6.45, 7) is 9.29. The van der Waals surface area contributed by atoms with Crippen molar-refractivity contribution in [3.05, 3.63) is 72.3 Å². The Balaban J connectivity index is 1.23. The van der Waals surface area contributed by atoms with Crippen molar-refractivity contribution in [1.29, 1.82) is 0 Å². The third-order valence-electron chi connectivity index (χ3n) is 7.29. The molecule has 2 aliphatic heterocycles. The molecule has 8 nitrogen and oxygen atoms in total. The molecular weight excluding hydrogens is 538 g/mol. The Bertz CT molecular complexity index is 1210. The van der Waals surface area contributed by atoms with Crippen LogP contribution in [0.1, 0.15) is 12.5 Å². The summed E-state index contributed by atoms with van der Waals surface area (Å²) in [7, 11) is 0. The molecule has 2 N–H and O–H groups in total. The van der Waals surface area contributed by atoms with Crippen LogP contribution in [0.2, 0.25) is 0 Å². The molecule has 1 saturated heterocycles. The van der Waals surface area contributed by atoms with Crippen LogP contribution in [0.25, 0.3) is 0 Å². The lowest BCUT2D eigenvalue weighted by molar-refractivity contribution is 0.0320. The molecule has 41 heavy (non-hydrogen) atoms. The molecule has 0 radical (unpaired) electrons. The zero-order valence-corrected chi connectivity index (χ0v) is 24.6. The van der Waals surface area contributed by atoms with Crippen LogP contribution in [-0.4, -0.2) is 98.4 Å². The molecule has 5 rings (SSSR count). The van der Waals surface area contributed by atoms with Crippen LogP contribution in [0, 0.1) is 0 Å². The molecular formula is C32H41N3O5S. The first-order valence-corrected chi connectivity index (χ1v) is 15.3. The Morgan fingerprint density at radius 3 is 2.34 bits per heavy atom. The van der Waals surface area contributed by atoms with E-state index >= 15 is 0 Å². The third-order valence-corrected chi connectivity index (χ3v) is 8.42. The lowest BCUT2D eigenvalue weighted by atomic mass is 10.1. The maximum absolute atomic E-state index is 11.3. The van der Waals surface area contributed by atoms with Crippen molar-refractivity contribution in [3.8, 4) is 11.5 Å². The van der Waals surface area contributed by atoms with Gasteiger partial charge >= 0.3 is 0 Å². The van der Waals surface area contributed by atoms with Crippen LogP contribution in [0.3, 0.4) is 0 Å². The fourth-order valence-electron chi connectivity index (χ4n) is 5.33. The summed E-state index contributed by atoms with van der Waals surface area (Å²) in [6, 6.07) is 22.7. The van der Waals surface area contributed by atoms with E-state index in [1.165, 1.54) is 9.79 Å². The number of β-amino-alcohol motifs (C(OH)–C–C–N with tert-alkyl or cyclic N) is 1. The number of fused-ring (bicyclic) bond motifs is 2. The first-order valence-electron chi connectivity index (χ1n) is 14.5. The van der Waals surface area contributed by atoms with E-state index in [9.17, 15) is 10.2 Å². The van der Waals surface area contributed by atoms with Gasteiger partial charge in [0.25, 0.3) is 0 Å². The zero-order chi connectivity index (χ0) is 28.4. The van der Waals surface area contributed by atoms with Crippen molar-refractivity contribution in [2.75, 3.05) is 77.2 Å². The number of morpholine rings is 1. The Kier molecular flexibility index (Phi) is 10.8. The van der Waals surface area contributed by atoms with Crippen LogP contribution in [-0.2, 0) is 11.3 Å². The normalized spacial score (nSPS) is 15.9. The minimum atomic E-state index is -0.625. The van der Waals surface area contributed by atoms with Crippen LogP contribution >= 0.6 is 11.8 Å². The molecule has 0 bridgehead atoms. The number of nitrogens with zero attached hydrogens (tertiary/aromatic N) is 3. The molecule has 0 spiro atoms. The number of ether oxygens (including phenoxy) is 3. The predicted molar refractivity (Wildman–Crippen MR) is 163 cm³/mol.